The quantitative estimate of drug-likeness (QED) is 0.925. The molecule has 3 rings (SSSR count). The van der Waals surface area contributed by atoms with E-state index in [1.807, 2.05) is 7.05 Å². The first-order valence-electron chi connectivity index (χ1n) is 7.44. The molecule has 1 aliphatic rings. The zero-order valence-corrected chi connectivity index (χ0v) is 14.5. The summed E-state index contributed by atoms with van der Waals surface area (Å²) >= 11 is 1.57. The Morgan fingerprint density at radius 2 is 2.09 bits per heavy atom. The maximum atomic E-state index is 12.5. The van der Waals surface area contributed by atoms with Gasteiger partial charge in [0.05, 0.1) is 16.8 Å². The Bertz CT molecular complexity index is 718. The van der Waals surface area contributed by atoms with Gasteiger partial charge in [0, 0.05) is 12.6 Å². The lowest BCUT2D eigenvalue weighted by Crippen LogP contribution is -2.52. The molecule has 1 aromatic carbocycles. The molecule has 0 saturated carbocycles. The predicted octanol–water partition coefficient (Wildman–Crippen LogP) is 3.19. The molecule has 6 heteroatoms. The van der Waals surface area contributed by atoms with Crippen molar-refractivity contribution in [3.63, 3.8) is 0 Å². The lowest BCUT2D eigenvalue weighted by molar-refractivity contribution is 0.229. The number of carbonyl (C=O) groups is 1. The molecule has 0 aliphatic carbocycles. The monoisotopic (exact) mass is 318 g/mol. The van der Waals surface area contributed by atoms with E-state index in [1.165, 1.54) is 5.56 Å². The lowest BCUT2D eigenvalue weighted by Gasteiger charge is -2.29. The largest absolute Gasteiger partial charge is 0.327 e. The maximum absolute atomic E-state index is 12.5. The van der Waals surface area contributed by atoms with Gasteiger partial charge in [-0.1, -0.05) is 17.4 Å². The van der Waals surface area contributed by atoms with E-state index >= 15 is 0 Å². The summed E-state index contributed by atoms with van der Waals surface area (Å²) in [6, 6.07) is 6.21. The van der Waals surface area contributed by atoms with Gasteiger partial charge in [0.2, 0.25) is 0 Å². The number of carbonyl (C=O) groups excluding carboxylic acids is 1. The standard InChI is InChI=1S/C16H22N4OS/c1-10-6-7-12-11(8-10)17-14(22-12)20-13(18-16(2,3)4)9-19(5)15(20)21/h6-8,13,18H,9H2,1-5H3. The predicted molar refractivity (Wildman–Crippen MR) is 91.5 cm³/mol. The molecule has 2 aromatic rings. The maximum Gasteiger partial charge on any atom is 0.327 e. The second-order valence-corrected chi connectivity index (χ2v) is 7.92. The van der Waals surface area contributed by atoms with Gasteiger partial charge in [0.15, 0.2) is 5.13 Å². The Balaban J connectivity index is 1.99. The summed E-state index contributed by atoms with van der Waals surface area (Å²) in [6.07, 6.45) is -0.0563. The Labute approximate surface area is 134 Å². The van der Waals surface area contributed by atoms with Crippen LogP contribution in [0.25, 0.3) is 10.2 Å². The first-order valence-corrected chi connectivity index (χ1v) is 8.25. The Hall–Kier alpha value is -1.66. The SMILES string of the molecule is Cc1ccc2sc(N3C(=O)N(C)CC3NC(C)(C)C)nc2c1. The summed E-state index contributed by atoms with van der Waals surface area (Å²) in [5.74, 6) is 0. The molecule has 2 amide bonds. The molecular weight excluding hydrogens is 296 g/mol. The molecule has 1 unspecified atom stereocenters. The second kappa shape index (κ2) is 5.21. The van der Waals surface area contributed by atoms with Crippen molar-refractivity contribution in [3.8, 4) is 0 Å². The van der Waals surface area contributed by atoms with Crippen LogP contribution in [-0.4, -0.2) is 41.2 Å². The third-order valence-electron chi connectivity index (χ3n) is 3.63. The van der Waals surface area contributed by atoms with Gasteiger partial charge in [0.25, 0.3) is 0 Å². The molecule has 5 nitrogen and oxygen atoms in total. The van der Waals surface area contributed by atoms with Crippen LogP contribution in [0.2, 0.25) is 0 Å². The number of nitrogens with one attached hydrogen (secondary N) is 1. The van der Waals surface area contributed by atoms with Crippen LogP contribution in [-0.2, 0) is 0 Å². The average Bonchev–Trinajstić information content (AvgIpc) is 2.89. The molecule has 0 spiro atoms. The summed E-state index contributed by atoms with van der Waals surface area (Å²) < 4.78 is 1.11. The summed E-state index contributed by atoms with van der Waals surface area (Å²) in [7, 11) is 1.83. The molecule has 2 heterocycles. The summed E-state index contributed by atoms with van der Waals surface area (Å²) in [6.45, 7) is 9.03. The van der Waals surface area contributed by atoms with Crippen LogP contribution in [0.4, 0.5) is 9.93 Å². The van der Waals surface area contributed by atoms with E-state index < -0.39 is 0 Å². The van der Waals surface area contributed by atoms with E-state index in [2.05, 4.69) is 56.2 Å². The van der Waals surface area contributed by atoms with Crippen molar-refractivity contribution in [2.24, 2.45) is 0 Å². The van der Waals surface area contributed by atoms with Crippen LogP contribution in [0.15, 0.2) is 18.2 Å². The molecule has 118 valence electrons. The minimum Gasteiger partial charge on any atom is -0.324 e. The van der Waals surface area contributed by atoms with E-state index in [0.29, 0.717) is 6.54 Å². The number of nitrogens with zero attached hydrogens (tertiary/aromatic N) is 3. The Morgan fingerprint density at radius 1 is 1.36 bits per heavy atom. The van der Waals surface area contributed by atoms with Crippen LogP contribution in [0.3, 0.4) is 0 Å². The second-order valence-electron chi connectivity index (χ2n) is 6.91. The van der Waals surface area contributed by atoms with Gasteiger partial charge in [-0.05, 0) is 45.4 Å². The van der Waals surface area contributed by atoms with Crippen molar-refractivity contribution >= 4 is 32.7 Å². The van der Waals surface area contributed by atoms with Gasteiger partial charge >= 0.3 is 6.03 Å². The van der Waals surface area contributed by atoms with Gasteiger partial charge in [-0.2, -0.15) is 0 Å². The highest BCUT2D eigenvalue weighted by Gasteiger charge is 2.39. The van der Waals surface area contributed by atoms with Crippen LogP contribution < -0.4 is 10.2 Å². The fraction of sp³-hybridized carbons (Fsp3) is 0.500. The van der Waals surface area contributed by atoms with Crippen molar-refractivity contribution in [1.29, 1.82) is 0 Å². The van der Waals surface area contributed by atoms with E-state index in [-0.39, 0.29) is 17.7 Å². The number of likely N-dealkylation sites (N-methyl/N-ethyl adjacent to an activating group) is 1. The lowest BCUT2D eigenvalue weighted by atomic mass is 10.1. The van der Waals surface area contributed by atoms with E-state index in [9.17, 15) is 4.79 Å². The first-order chi connectivity index (χ1) is 10.2. The summed E-state index contributed by atoms with van der Waals surface area (Å²) in [5, 5.41) is 4.27. The number of aryl methyl sites for hydroxylation is 1. The van der Waals surface area contributed by atoms with Gasteiger partial charge < -0.3 is 4.90 Å². The zero-order valence-electron chi connectivity index (χ0n) is 13.7. The fourth-order valence-electron chi connectivity index (χ4n) is 2.69. The number of benzene rings is 1. The van der Waals surface area contributed by atoms with Gasteiger partial charge in [0.1, 0.15) is 6.17 Å². The van der Waals surface area contributed by atoms with E-state index in [1.54, 1.807) is 21.1 Å². The Kier molecular flexibility index (Phi) is 3.61. The molecular formula is C16H22N4OS. The van der Waals surface area contributed by atoms with Crippen LogP contribution in [0.1, 0.15) is 26.3 Å². The van der Waals surface area contributed by atoms with E-state index in [0.717, 1.165) is 15.3 Å². The van der Waals surface area contributed by atoms with Gasteiger partial charge in [-0.15, -0.1) is 0 Å². The van der Waals surface area contributed by atoms with Crippen molar-refractivity contribution in [2.45, 2.75) is 39.4 Å². The number of fused-ring (bicyclic) bond motifs is 1. The molecule has 1 N–H and O–H groups in total. The van der Waals surface area contributed by atoms with Crippen molar-refractivity contribution < 1.29 is 4.79 Å². The summed E-state index contributed by atoms with van der Waals surface area (Å²) in [4.78, 5) is 20.7. The minimum atomic E-state index is -0.0678. The third kappa shape index (κ3) is 2.80. The number of rotatable bonds is 2. The van der Waals surface area contributed by atoms with Crippen molar-refractivity contribution in [1.82, 2.24) is 15.2 Å². The highest BCUT2D eigenvalue weighted by molar-refractivity contribution is 7.22. The average molecular weight is 318 g/mol. The van der Waals surface area contributed by atoms with Crippen molar-refractivity contribution in [3.05, 3.63) is 23.8 Å². The fourth-order valence-corrected chi connectivity index (χ4v) is 3.68. The van der Waals surface area contributed by atoms with Gasteiger partial charge in [-0.25, -0.2) is 9.78 Å². The Morgan fingerprint density at radius 3 is 2.77 bits per heavy atom. The molecule has 1 atom stereocenters. The van der Waals surface area contributed by atoms with Gasteiger partial charge in [-0.3, -0.25) is 10.2 Å². The van der Waals surface area contributed by atoms with Crippen LogP contribution in [0, 0.1) is 6.92 Å². The van der Waals surface area contributed by atoms with E-state index in [4.69, 9.17) is 0 Å². The highest BCUT2D eigenvalue weighted by Crippen LogP contribution is 2.33. The molecule has 1 saturated heterocycles. The van der Waals surface area contributed by atoms with Crippen LogP contribution >= 0.6 is 11.3 Å². The number of hydrogen-bond donors (Lipinski definition) is 1. The molecule has 0 bridgehead atoms. The number of amides is 2. The van der Waals surface area contributed by atoms with Crippen molar-refractivity contribution in [2.75, 3.05) is 18.5 Å². The smallest absolute Gasteiger partial charge is 0.324 e. The molecule has 1 fully saturated rings. The number of urea groups is 1. The van der Waals surface area contributed by atoms with Crippen LogP contribution in [0.5, 0.6) is 0 Å². The number of aromatic nitrogens is 1. The number of hydrogen-bond acceptors (Lipinski definition) is 4. The number of thiazole rings is 1. The number of anilines is 1. The third-order valence-corrected chi connectivity index (χ3v) is 4.66. The minimum absolute atomic E-state index is 0.00229. The summed E-state index contributed by atoms with van der Waals surface area (Å²) in [5.41, 5.74) is 2.07. The first kappa shape index (κ1) is 15.2. The molecule has 22 heavy (non-hydrogen) atoms. The highest BCUT2D eigenvalue weighted by atomic mass is 32.1. The molecule has 1 aromatic heterocycles. The molecule has 1 aliphatic heterocycles. The molecule has 0 radical (unpaired) electrons. The normalized spacial score (nSPS) is 19.5. The topological polar surface area (TPSA) is 48.5 Å². The zero-order chi connectivity index (χ0) is 16.1.